The van der Waals surface area contributed by atoms with Crippen LogP contribution in [0.25, 0.3) is 0 Å². The second kappa shape index (κ2) is 10.2. The average molecular weight is 468 g/mol. The minimum absolute atomic E-state index is 0. The Kier molecular flexibility index (Phi) is 9.83. The summed E-state index contributed by atoms with van der Waals surface area (Å²) in [7, 11) is -3.60. The predicted molar refractivity (Wildman–Crippen MR) is 110 cm³/mol. The number of nitrogens with one attached hydrogen (secondary N) is 2. The Hall–Kier alpha value is -0.870. The number of guanidine groups is 1. The van der Waals surface area contributed by atoms with Gasteiger partial charge in [-0.1, -0.05) is 31.5 Å². The maximum absolute atomic E-state index is 12.5. The van der Waals surface area contributed by atoms with Crippen LogP contribution < -0.4 is 15.8 Å². The van der Waals surface area contributed by atoms with Gasteiger partial charge < -0.3 is 11.1 Å². The summed E-state index contributed by atoms with van der Waals surface area (Å²) >= 11 is 0. The number of nitrogens with zero attached hydrogens (tertiary/aromatic N) is 1. The Morgan fingerprint density at radius 1 is 1.25 bits per heavy atom. The first-order chi connectivity index (χ1) is 10.7. The average Bonchev–Trinajstić information content (AvgIpc) is 2.43. The minimum Gasteiger partial charge on any atom is -0.370 e. The van der Waals surface area contributed by atoms with Crippen molar-refractivity contribution in [3.63, 3.8) is 0 Å². The number of rotatable bonds is 7. The quantitative estimate of drug-likeness (QED) is 0.248. The van der Waals surface area contributed by atoms with E-state index in [0.29, 0.717) is 11.5 Å². The van der Waals surface area contributed by atoms with Gasteiger partial charge in [0.05, 0.1) is 11.4 Å². The normalized spacial score (nSPS) is 12.6. The van der Waals surface area contributed by atoms with E-state index in [9.17, 15) is 8.42 Å². The molecule has 1 rings (SSSR count). The van der Waals surface area contributed by atoms with Crippen LogP contribution in [0.4, 0.5) is 0 Å². The highest BCUT2D eigenvalue weighted by molar-refractivity contribution is 14.0. The van der Waals surface area contributed by atoms with Gasteiger partial charge in [0.25, 0.3) is 0 Å². The second-order valence-electron chi connectivity index (χ2n) is 6.45. The Bertz CT molecular complexity index is 640. The molecule has 0 spiro atoms. The molecule has 0 fully saturated rings. The fraction of sp³-hybridized carbons (Fsp3) is 0.562. The van der Waals surface area contributed by atoms with Crippen LogP contribution in [0.2, 0.25) is 0 Å². The lowest BCUT2D eigenvalue weighted by Gasteiger charge is -2.21. The van der Waals surface area contributed by atoms with E-state index >= 15 is 0 Å². The van der Waals surface area contributed by atoms with Crippen molar-refractivity contribution in [1.82, 2.24) is 10.0 Å². The molecule has 0 heterocycles. The molecular weight excluding hydrogens is 439 g/mol. The third-order valence-corrected chi connectivity index (χ3v) is 4.82. The molecule has 6 nitrogen and oxygen atoms in total. The molecule has 0 amide bonds. The maximum atomic E-state index is 12.5. The van der Waals surface area contributed by atoms with Crippen LogP contribution in [0, 0.1) is 0 Å². The number of aliphatic imine (C=N–C) groups is 1. The van der Waals surface area contributed by atoms with Crippen LogP contribution in [-0.4, -0.2) is 26.5 Å². The van der Waals surface area contributed by atoms with Gasteiger partial charge in [0.1, 0.15) is 0 Å². The predicted octanol–water partition coefficient (Wildman–Crippen LogP) is 2.59. The lowest BCUT2D eigenvalue weighted by Crippen LogP contribution is -2.40. The summed E-state index contributed by atoms with van der Waals surface area (Å²) in [4.78, 5) is 4.46. The summed E-state index contributed by atoms with van der Waals surface area (Å²) < 4.78 is 27.7. The van der Waals surface area contributed by atoms with Crippen molar-refractivity contribution in [3.8, 4) is 0 Å². The highest BCUT2D eigenvalue weighted by Crippen LogP contribution is 2.18. The van der Waals surface area contributed by atoms with Gasteiger partial charge in [0, 0.05) is 12.1 Å². The van der Waals surface area contributed by atoms with E-state index in [-0.39, 0.29) is 35.4 Å². The van der Waals surface area contributed by atoms with Gasteiger partial charge in [-0.05, 0) is 38.8 Å². The highest BCUT2D eigenvalue weighted by atomic mass is 127. The summed E-state index contributed by atoms with van der Waals surface area (Å²) in [5, 5.41) is 3.01. The van der Waals surface area contributed by atoms with Crippen LogP contribution in [0.1, 0.15) is 46.1 Å². The number of unbranched alkanes of at least 4 members (excludes halogenated alkanes) is 1. The van der Waals surface area contributed by atoms with Crippen LogP contribution in [0.3, 0.4) is 0 Å². The zero-order valence-corrected chi connectivity index (χ0v) is 17.9. The van der Waals surface area contributed by atoms with E-state index in [4.69, 9.17) is 5.73 Å². The van der Waals surface area contributed by atoms with Crippen molar-refractivity contribution in [3.05, 3.63) is 29.8 Å². The molecule has 0 saturated heterocycles. The van der Waals surface area contributed by atoms with E-state index in [1.807, 2.05) is 0 Å². The molecule has 0 saturated carbocycles. The molecular formula is C16H29IN4O2S. The van der Waals surface area contributed by atoms with Crippen LogP contribution in [0.15, 0.2) is 34.2 Å². The number of hydrogen-bond donors (Lipinski definition) is 3. The zero-order chi connectivity index (χ0) is 17.5. The molecule has 0 atom stereocenters. The minimum atomic E-state index is -3.60. The van der Waals surface area contributed by atoms with Gasteiger partial charge in [0.2, 0.25) is 10.0 Å². The molecule has 8 heteroatoms. The van der Waals surface area contributed by atoms with Gasteiger partial charge in [-0.15, -0.1) is 24.0 Å². The third kappa shape index (κ3) is 8.29. The molecule has 0 aliphatic heterocycles. The van der Waals surface area contributed by atoms with Crippen molar-refractivity contribution in [2.45, 2.75) is 57.5 Å². The van der Waals surface area contributed by atoms with Crippen molar-refractivity contribution in [2.75, 3.05) is 6.54 Å². The third-order valence-electron chi connectivity index (χ3n) is 2.96. The zero-order valence-electron chi connectivity index (χ0n) is 14.8. The molecule has 0 radical (unpaired) electrons. The summed E-state index contributed by atoms with van der Waals surface area (Å²) in [6, 6.07) is 6.83. The number of halogens is 1. The smallest absolute Gasteiger partial charge is 0.241 e. The van der Waals surface area contributed by atoms with Crippen molar-refractivity contribution in [1.29, 1.82) is 0 Å². The first kappa shape index (κ1) is 23.1. The SMILES string of the molecule is CCCCNC(N)=NCc1ccccc1S(=O)(=O)NC(C)(C)C.I. The van der Waals surface area contributed by atoms with E-state index in [2.05, 4.69) is 22.0 Å². The van der Waals surface area contributed by atoms with E-state index < -0.39 is 15.6 Å². The lowest BCUT2D eigenvalue weighted by atomic mass is 10.1. The van der Waals surface area contributed by atoms with E-state index in [0.717, 1.165) is 19.4 Å². The number of benzene rings is 1. The molecule has 0 aromatic heterocycles. The summed E-state index contributed by atoms with van der Waals surface area (Å²) in [6.07, 6.45) is 2.08. The lowest BCUT2D eigenvalue weighted by molar-refractivity contribution is 0.491. The first-order valence-electron chi connectivity index (χ1n) is 7.81. The van der Waals surface area contributed by atoms with Crippen molar-refractivity contribution < 1.29 is 8.42 Å². The number of hydrogen-bond acceptors (Lipinski definition) is 3. The fourth-order valence-electron chi connectivity index (χ4n) is 1.97. The van der Waals surface area contributed by atoms with Gasteiger partial charge in [-0.25, -0.2) is 18.1 Å². The number of nitrogens with two attached hydrogens (primary N) is 1. The summed E-state index contributed by atoms with van der Waals surface area (Å²) in [6.45, 7) is 8.49. The Morgan fingerprint density at radius 2 is 1.88 bits per heavy atom. The standard InChI is InChI=1S/C16H28N4O2S.HI/c1-5-6-11-18-15(17)19-12-13-9-7-8-10-14(13)23(21,22)20-16(2,3)4;/h7-10,20H,5-6,11-12H2,1-4H3,(H3,17,18,19);1H. The summed E-state index contributed by atoms with van der Waals surface area (Å²) in [5.74, 6) is 0.328. The molecule has 0 bridgehead atoms. The van der Waals surface area contributed by atoms with Gasteiger partial charge >= 0.3 is 0 Å². The fourth-order valence-corrected chi connectivity index (χ4v) is 3.63. The van der Waals surface area contributed by atoms with Gasteiger partial charge in [0.15, 0.2) is 5.96 Å². The monoisotopic (exact) mass is 468 g/mol. The molecule has 24 heavy (non-hydrogen) atoms. The topological polar surface area (TPSA) is 96.6 Å². The largest absolute Gasteiger partial charge is 0.370 e. The molecule has 4 N–H and O–H groups in total. The highest BCUT2D eigenvalue weighted by Gasteiger charge is 2.24. The van der Waals surface area contributed by atoms with Crippen molar-refractivity contribution in [2.24, 2.45) is 10.7 Å². The molecule has 0 aliphatic carbocycles. The summed E-state index contributed by atoms with van der Waals surface area (Å²) in [5.41, 5.74) is 5.87. The van der Waals surface area contributed by atoms with Crippen LogP contribution in [0.5, 0.6) is 0 Å². The van der Waals surface area contributed by atoms with Crippen molar-refractivity contribution >= 4 is 40.0 Å². The Morgan fingerprint density at radius 3 is 2.46 bits per heavy atom. The van der Waals surface area contributed by atoms with E-state index in [1.165, 1.54) is 0 Å². The molecule has 1 aromatic rings. The van der Waals surface area contributed by atoms with Crippen LogP contribution in [-0.2, 0) is 16.6 Å². The second-order valence-corrected chi connectivity index (χ2v) is 8.10. The maximum Gasteiger partial charge on any atom is 0.241 e. The molecule has 0 aliphatic rings. The Balaban J connectivity index is 0.00000529. The van der Waals surface area contributed by atoms with Gasteiger partial charge in [-0.2, -0.15) is 0 Å². The molecule has 138 valence electrons. The van der Waals surface area contributed by atoms with Gasteiger partial charge in [-0.3, -0.25) is 0 Å². The number of sulfonamides is 1. The molecule has 1 aromatic carbocycles. The van der Waals surface area contributed by atoms with Crippen LogP contribution >= 0.6 is 24.0 Å². The Labute approximate surface area is 162 Å². The first-order valence-corrected chi connectivity index (χ1v) is 9.29. The molecule has 0 unspecified atom stereocenters. The van der Waals surface area contributed by atoms with E-state index in [1.54, 1.807) is 45.0 Å².